The largest absolute Gasteiger partial charge is 0.338 e. The summed E-state index contributed by atoms with van der Waals surface area (Å²) in [4.78, 5) is 4.50. The lowest BCUT2D eigenvalue weighted by molar-refractivity contribution is 0.330. The molecule has 0 spiro atoms. The van der Waals surface area contributed by atoms with Gasteiger partial charge in [0.15, 0.2) is 5.82 Å². The molecule has 2 aromatic rings. The third kappa shape index (κ3) is 4.64. The van der Waals surface area contributed by atoms with Crippen molar-refractivity contribution < 1.29 is 4.52 Å². The summed E-state index contributed by atoms with van der Waals surface area (Å²) >= 11 is 0. The first kappa shape index (κ1) is 17.7. The van der Waals surface area contributed by atoms with Crippen molar-refractivity contribution in [3.63, 3.8) is 0 Å². The van der Waals surface area contributed by atoms with Crippen molar-refractivity contribution in [3.05, 3.63) is 47.1 Å². The Labute approximate surface area is 139 Å². The molecule has 1 unspecified atom stereocenters. The third-order valence-corrected chi connectivity index (χ3v) is 3.92. The van der Waals surface area contributed by atoms with Gasteiger partial charge < -0.3 is 9.84 Å². The number of aromatic nitrogens is 2. The maximum absolute atomic E-state index is 5.38. The predicted molar refractivity (Wildman–Crippen MR) is 93.4 cm³/mol. The Kier molecular flexibility index (Phi) is 4.95. The molecule has 126 valence electrons. The molecule has 1 atom stereocenters. The highest BCUT2D eigenvalue weighted by atomic mass is 16.5. The van der Waals surface area contributed by atoms with Crippen LogP contribution in [0.25, 0.3) is 0 Å². The quantitative estimate of drug-likeness (QED) is 0.901. The molecule has 0 fully saturated rings. The van der Waals surface area contributed by atoms with Gasteiger partial charge in [0.2, 0.25) is 5.89 Å². The molecule has 1 aromatic carbocycles. The summed E-state index contributed by atoms with van der Waals surface area (Å²) in [6.07, 6.45) is 0. The van der Waals surface area contributed by atoms with Crippen molar-refractivity contribution in [1.82, 2.24) is 15.5 Å². The summed E-state index contributed by atoms with van der Waals surface area (Å²) in [6.45, 7) is 15.7. The molecule has 0 aliphatic heterocycles. The summed E-state index contributed by atoms with van der Waals surface area (Å²) in [6, 6.07) is 8.78. The Bertz CT molecular complexity index is 630. The smallest absolute Gasteiger partial charge is 0.243 e. The van der Waals surface area contributed by atoms with E-state index >= 15 is 0 Å². The molecule has 0 bridgehead atoms. The number of hydrogen-bond donors (Lipinski definition) is 1. The summed E-state index contributed by atoms with van der Waals surface area (Å²) in [5.41, 5.74) is 2.69. The summed E-state index contributed by atoms with van der Waals surface area (Å²) in [5.74, 6) is 1.39. The van der Waals surface area contributed by atoms with E-state index in [4.69, 9.17) is 4.52 Å². The molecule has 23 heavy (non-hydrogen) atoms. The van der Waals surface area contributed by atoms with Crippen LogP contribution in [0.1, 0.15) is 77.4 Å². The molecule has 2 rings (SSSR count). The second-order valence-electron chi connectivity index (χ2n) is 8.26. The van der Waals surface area contributed by atoms with E-state index in [1.54, 1.807) is 0 Å². The van der Waals surface area contributed by atoms with Crippen molar-refractivity contribution in [3.8, 4) is 0 Å². The Morgan fingerprint density at radius 1 is 1.00 bits per heavy atom. The topological polar surface area (TPSA) is 51.0 Å². The maximum atomic E-state index is 5.38. The maximum Gasteiger partial charge on any atom is 0.243 e. The number of hydrogen-bond acceptors (Lipinski definition) is 4. The van der Waals surface area contributed by atoms with Crippen LogP contribution >= 0.6 is 0 Å². The average molecular weight is 315 g/mol. The van der Waals surface area contributed by atoms with E-state index in [1.165, 1.54) is 11.1 Å². The van der Waals surface area contributed by atoms with Crippen LogP contribution in [-0.2, 0) is 17.4 Å². The van der Waals surface area contributed by atoms with Crippen molar-refractivity contribution in [2.24, 2.45) is 0 Å². The highest BCUT2D eigenvalue weighted by Crippen LogP contribution is 2.23. The van der Waals surface area contributed by atoms with Gasteiger partial charge in [-0.1, -0.05) is 71.0 Å². The van der Waals surface area contributed by atoms with Crippen LogP contribution in [0.3, 0.4) is 0 Å². The Morgan fingerprint density at radius 3 is 2.09 bits per heavy atom. The van der Waals surface area contributed by atoms with Gasteiger partial charge in [0, 0.05) is 12.0 Å². The lowest BCUT2D eigenvalue weighted by Gasteiger charge is -2.19. The first-order chi connectivity index (χ1) is 10.6. The van der Waals surface area contributed by atoms with Gasteiger partial charge in [-0.3, -0.25) is 0 Å². The molecule has 0 aliphatic carbocycles. The Morgan fingerprint density at radius 2 is 1.61 bits per heavy atom. The second kappa shape index (κ2) is 6.44. The molecule has 0 radical (unpaired) electrons. The zero-order valence-corrected chi connectivity index (χ0v) is 15.4. The molecule has 4 heteroatoms. The first-order valence-corrected chi connectivity index (χ1v) is 8.24. The minimum atomic E-state index is -0.0930. The third-order valence-electron chi connectivity index (χ3n) is 3.92. The van der Waals surface area contributed by atoms with Gasteiger partial charge in [-0.25, -0.2) is 0 Å². The molecule has 1 N–H and O–H groups in total. The fraction of sp³-hybridized carbons (Fsp3) is 0.579. The molecule has 0 saturated carbocycles. The van der Waals surface area contributed by atoms with E-state index in [9.17, 15) is 0 Å². The molecule has 4 nitrogen and oxygen atoms in total. The standard InChI is InChI=1S/C19H29N3O/c1-13(16-21-17(22-23-16)19(5,6)7)20-12-14-8-10-15(11-9-14)18(2,3)4/h8-11,13,20H,12H2,1-7H3. The van der Waals surface area contributed by atoms with Gasteiger partial charge in [-0.2, -0.15) is 4.98 Å². The highest BCUT2D eigenvalue weighted by Gasteiger charge is 2.23. The normalized spacial score (nSPS) is 14.0. The molecular formula is C19H29N3O. The fourth-order valence-corrected chi connectivity index (χ4v) is 2.20. The SMILES string of the molecule is CC(NCc1ccc(C(C)(C)C)cc1)c1nc(C(C)(C)C)no1. The average Bonchev–Trinajstić information content (AvgIpc) is 2.94. The van der Waals surface area contributed by atoms with Crippen LogP contribution in [0, 0.1) is 0 Å². The van der Waals surface area contributed by atoms with E-state index < -0.39 is 0 Å². The van der Waals surface area contributed by atoms with E-state index in [-0.39, 0.29) is 16.9 Å². The predicted octanol–water partition coefficient (Wildman–Crippen LogP) is 4.52. The molecule has 1 aromatic heterocycles. The zero-order chi connectivity index (χ0) is 17.3. The first-order valence-electron chi connectivity index (χ1n) is 8.24. The van der Waals surface area contributed by atoms with E-state index in [0.29, 0.717) is 5.89 Å². The lowest BCUT2D eigenvalue weighted by atomic mass is 9.87. The van der Waals surface area contributed by atoms with Crippen LogP contribution in [-0.4, -0.2) is 10.1 Å². The minimum Gasteiger partial charge on any atom is -0.338 e. The Balaban J connectivity index is 1.96. The number of benzene rings is 1. The molecule has 1 heterocycles. The monoisotopic (exact) mass is 315 g/mol. The van der Waals surface area contributed by atoms with Crippen LogP contribution in [0.4, 0.5) is 0 Å². The fourth-order valence-electron chi connectivity index (χ4n) is 2.20. The summed E-state index contributed by atoms with van der Waals surface area (Å²) in [5, 5.41) is 7.52. The number of rotatable bonds is 4. The highest BCUT2D eigenvalue weighted by molar-refractivity contribution is 5.27. The summed E-state index contributed by atoms with van der Waals surface area (Å²) < 4.78 is 5.38. The van der Waals surface area contributed by atoms with Gasteiger partial charge in [0.25, 0.3) is 0 Å². The Hall–Kier alpha value is -1.68. The van der Waals surface area contributed by atoms with Crippen LogP contribution < -0.4 is 5.32 Å². The van der Waals surface area contributed by atoms with Crippen molar-refractivity contribution in [2.75, 3.05) is 0 Å². The molecule has 0 amide bonds. The summed E-state index contributed by atoms with van der Waals surface area (Å²) in [7, 11) is 0. The van der Waals surface area contributed by atoms with Crippen LogP contribution in [0.15, 0.2) is 28.8 Å². The molecule has 0 saturated heterocycles. The van der Waals surface area contributed by atoms with E-state index in [2.05, 4.69) is 81.3 Å². The van der Waals surface area contributed by atoms with Crippen molar-refractivity contribution in [2.45, 2.75) is 71.9 Å². The van der Waals surface area contributed by atoms with E-state index in [1.807, 2.05) is 6.92 Å². The second-order valence-corrected chi connectivity index (χ2v) is 8.26. The van der Waals surface area contributed by atoms with Gasteiger partial charge >= 0.3 is 0 Å². The zero-order valence-electron chi connectivity index (χ0n) is 15.4. The van der Waals surface area contributed by atoms with Crippen LogP contribution in [0.5, 0.6) is 0 Å². The molecule has 0 aliphatic rings. The van der Waals surface area contributed by atoms with Gasteiger partial charge in [-0.15, -0.1) is 0 Å². The van der Waals surface area contributed by atoms with Crippen LogP contribution in [0.2, 0.25) is 0 Å². The number of nitrogens with zero attached hydrogens (tertiary/aromatic N) is 2. The van der Waals surface area contributed by atoms with Crippen molar-refractivity contribution >= 4 is 0 Å². The van der Waals surface area contributed by atoms with Gasteiger partial charge in [0.05, 0.1) is 6.04 Å². The van der Waals surface area contributed by atoms with Gasteiger partial charge in [-0.05, 0) is 23.5 Å². The van der Waals surface area contributed by atoms with E-state index in [0.717, 1.165) is 12.4 Å². The van der Waals surface area contributed by atoms with Gasteiger partial charge in [0.1, 0.15) is 0 Å². The lowest BCUT2D eigenvalue weighted by Crippen LogP contribution is -2.19. The van der Waals surface area contributed by atoms with Crippen molar-refractivity contribution in [1.29, 1.82) is 0 Å². The number of nitrogens with one attached hydrogen (secondary N) is 1. The minimum absolute atomic E-state index is 0.0286. The molecular weight excluding hydrogens is 286 g/mol.